The van der Waals surface area contributed by atoms with Crippen molar-refractivity contribution in [2.24, 2.45) is 5.73 Å². The van der Waals surface area contributed by atoms with Crippen LogP contribution in [0.5, 0.6) is 0 Å². The Kier molecular flexibility index (Phi) is 8.22. The minimum Gasteiger partial charge on any atom is -0.460 e. The number of amidine groups is 1. The minimum atomic E-state index is -5.13. The summed E-state index contributed by atoms with van der Waals surface area (Å²) < 4.78 is 49.2. The van der Waals surface area contributed by atoms with E-state index < -0.39 is 35.7 Å². The van der Waals surface area contributed by atoms with Crippen LogP contribution in [-0.4, -0.2) is 72.3 Å². The number of hydrogen-bond acceptors (Lipinski definition) is 7. The Labute approximate surface area is 209 Å². The van der Waals surface area contributed by atoms with E-state index in [4.69, 9.17) is 20.6 Å². The molecule has 11 heteroatoms. The number of rotatable bonds is 6. The summed E-state index contributed by atoms with van der Waals surface area (Å²) >= 11 is 0. The first-order chi connectivity index (χ1) is 16.7. The highest BCUT2D eigenvalue weighted by atomic mass is 19.4. The molecule has 1 aliphatic carbocycles. The summed E-state index contributed by atoms with van der Waals surface area (Å²) in [5.41, 5.74) is 4.91. The third kappa shape index (κ3) is 7.35. The van der Waals surface area contributed by atoms with E-state index in [1.807, 2.05) is 24.3 Å². The summed E-state index contributed by atoms with van der Waals surface area (Å²) in [5.74, 6) is -2.93. The summed E-state index contributed by atoms with van der Waals surface area (Å²) in [4.78, 5) is 28.7. The van der Waals surface area contributed by atoms with Gasteiger partial charge in [-0.2, -0.15) is 13.2 Å². The molecule has 8 nitrogen and oxygen atoms in total. The third-order valence-electron chi connectivity index (χ3n) is 6.67. The fraction of sp³-hybridized carbons (Fsp3) is 0.640. The molecule has 3 N–H and O–H groups in total. The fourth-order valence-corrected chi connectivity index (χ4v) is 4.90. The van der Waals surface area contributed by atoms with E-state index in [1.54, 1.807) is 20.8 Å². The summed E-state index contributed by atoms with van der Waals surface area (Å²) in [6.45, 7) is 8.14. The molecule has 36 heavy (non-hydrogen) atoms. The lowest BCUT2D eigenvalue weighted by Crippen LogP contribution is -2.54. The number of nitrogens with two attached hydrogens (primary N) is 1. The molecule has 1 saturated carbocycles. The Bertz CT molecular complexity index is 944. The van der Waals surface area contributed by atoms with Gasteiger partial charge in [0.1, 0.15) is 17.0 Å². The third-order valence-corrected chi connectivity index (χ3v) is 6.67. The maximum Gasteiger partial charge on any atom is 0.490 e. The van der Waals surface area contributed by atoms with Crippen molar-refractivity contribution in [3.63, 3.8) is 0 Å². The number of hydrogen-bond donors (Lipinski definition) is 2. The Morgan fingerprint density at radius 2 is 1.61 bits per heavy atom. The molecule has 0 spiro atoms. The molecule has 0 amide bonds. The lowest BCUT2D eigenvalue weighted by molar-refractivity contribution is -0.219. The second-order valence-corrected chi connectivity index (χ2v) is 10.5. The van der Waals surface area contributed by atoms with Crippen molar-refractivity contribution in [2.75, 3.05) is 31.1 Å². The second kappa shape index (κ2) is 10.7. The molecule has 1 aliphatic heterocycles. The average Bonchev–Trinajstić information content (AvgIpc) is 2.78. The van der Waals surface area contributed by atoms with Gasteiger partial charge in [-0.3, -0.25) is 15.1 Å². The average molecular weight is 513 g/mol. The molecule has 1 aromatic carbocycles. The van der Waals surface area contributed by atoms with Crippen molar-refractivity contribution in [3.8, 4) is 0 Å². The number of ether oxygens (including phenoxy) is 2. The van der Waals surface area contributed by atoms with Crippen molar-refractivity contribution in [3.05, 3.63) is 29.8 Å². The maximum absolute atomic E-state index is 13.0. The van der Waals surface area contributed by atoms with Crippen LogP contribution in [0.4, 0.5) is 18.9 Å². The van der Waals surface area contributed by atoms with Crippen LogP contribution in [0.25, 0.3) is 0 Å². The summed E-state index contributed by atoms with van der Waals surface area (Å²) in [7, 11) is 0. The van der Waals surface area contributed by atoms with Gasteiger partial charge in [-0.25, -0.2) is 4.79 Å². The molecule has 0 atom stereocenters. The molecule has 0 unspecified atom stereocenters. The number of nitrogens with zero attached hydrogens (tertiary/aromatic N) is 2. The topological polar surface area (TPSA) is 109 Å². The Hall–Kier alpha value is -2.82. The van der Waals surface area contributed by atoms with Crippen molar-refractivity contribution in [1.29, 1.82) is 5.41 Å². The highest BCUT2D eigenvalue weighted by molar-refractivity contribution is 5.95. The normalized spacial score (nSPS) is 23.7. The molecule has 3 rings (SSSR count). The van der Waals surface area contributed by atoms with Crippen LogP contribution in [0.1, 0.15) is 58.4 Å². The number of benzene rings is 1. The first-order valence-corrected chi connectivity index (χ1v) is 12.1. The molecule has 0 bridgehead atoms. The summed E-state index contributed by atoms with van der Waals surface area (Å²) in [6.07, 6.45) is -4.18. The number of piperazine rings is 1. The molecule has 1 aromatic rings. The number of carbonyl (C=O) groups is 2. The fourth-order valence-electron chi connectivity index (χ4n) is 4.90. The molecule has 1 heterocycles. The standard InChI is InChI=1S/C25H35F3N4O4/c1-23(2,3)35-20(33)16-24(36-22(34)25(26,27)28)10-8-19(9-11-24)32-14-12-31(13-15-32)18-6-4-17(5-7-18)21(29)30/h4-7,19H,8-16H2,1-3H3,(H3,29,30). The highest BCUT2D eigenvalue weighted by Gasteiger charge is 2.49. The highest BCUT2D eigenvalue weighted by Crippen LogP contribution is 2.39. The SMILES string of the molecule is CC(C)(C)OC(=O)CC1(OC(=O)C(F)(F)F)CCC(N2CCN(c3ccc(C(=N)N)cc3)CC2)CC1. The van der Waals surface area contributed by atoms with Crippen LogP contribution in [0.3, 0.4) is 0 Å². The lowest BCUT2D eigenvalue weighted by Gasteiger charge is -2.45. The van der Waals surface area contributed by atoms with E-state index in [2.05, 4.69) is 9.80 Å². The van der Waals surface area contributed by atoms with Gasteiger partial charge in [0, 0.05) is 43.5 Å². The van der Waals surface area contributed by atoms with Crippen LogP contribution in [0.2, 0.25) is 0 Å². The predicted molar refractivity (Wildman–Crippen MR) is 129 cm³/mol. The van der Waals surface area contributed by atoms with Gasteiger partial charge >= 0.3 is 18.1 Å². The smallest absolute Gasteiger partial charge is 0.460 e. The van der Waals surface area contributed by atoms with Gasteiger partial charge in [0.15, 0.2) is 0 Å². The van der Waals surface area contributed by atoms with Crippen LogP contribution in [0, 0.1) is 5.41 Å². The first-order valence-electron chi connectivity index (χ1n) is 12.1. The molecule has 0 radical (unpaired) electrons. The van der Waals surface area contributed by atoms with Crippen LogP contribution in [0.15, 0.2) is 24.3 Å². The largest absolute Gasteiger partial charge is 0.490 e. The van der Waals surface area contributed by atoms with Gasteiger partial charge in [0.25, 0.3) is 0 Å². The molecule has 2 fully saturated rings. The van der Waals surface area contributed by atoms with Gasteiger partial charge in [0.2, 0.25) is 0 Å². The molecule has 0 aromatic heterocycles. The summed E-state index contributed by atoms with van der Waals surface area (Å²) in [6, 6.07) is 7.64. The van der Waals surface area contributed by atoms with E-state index in [-0.39, 0.29) is 24.7 Å². The quantitative estimate of drug-likeness (QED) is 0.341. The lowest BCUT2D eigenvalue weighted by atomic mass is 9.79. The van der Waals surface area contributed by atoms with Gasteiger partial charge in [-0.05, 0) is 70.7 Å². The molecule has 2 aliphatic rings. The van der Waals surface area contributed by atoms with E-state index in [9.17, 15) is 22.8 Å². The molecule has 1 saturated heterocycles. The van der Waals surface area contributed by atoms with Crippen molar-refractivity contribution >= 4 is 23.5 Å². The number of halogens is 3. The minimum absolute atomic E-state index is 0.0207. The molecular formula is C25H35F3N4O4. The van der Waals surface area contributed by atoms with Crippen LogP contribution < -0.4 is 10.6 Å². The van der Waals surface area contributed by atoms with Gasteiger partial charge in [0.05, 0.1) is 6.42 Å². The Morgan fingerprint density at radius 1 is 1.06 bits per heavy atom. The van der Waals surface area contributed by atoms with E-state index in [0.29, 0.717) is 18.4 Å². The van der Waals surface area contributed by atoms with Crippen LogP contribution >= 0.6 is 0 Å². The number of carbonyl (C=O) groups excluding carboxylic acids is 2. The number of alkyl halides is 3. The molecular weight excluding hydrogens is 477 g/mol. The molecule has 200 valence electrons. The van der Waals surface area contributed by atoms with Gasteiger partial charge in [-0.15, -0.1) is 0 Å². The Morgan fingerprint density at radius 3 is 2.08 bits per heavy atom. The van der Waals surface area contributed by atoms with Gasteiger partial charge in [-0.1, -0.05) is 0 Å². The zero-order chi connectivity index (χ0) is 26.7. The maximum atomic E-state index is 13.0. The second-order valence-electron chi connectivity index (χ2n) is 10.5. The van der Waals surface area contributed by atoms with E-state index in [0.717, 1.165) is 31.9 Å². The predicted octanol–water partition coefficient (Wildman–Crippen LogP) is 3.61. The zero-order valence-corrected chi connectivity index (χ0v) is 21.0. The monoisotopic (exact) mass is 512 g/mol. The number of anilines is 1. The van der Waals surface area contributed by atoms with Crippen molar-refractivity contribution < 1.29 is 32.2 Å². The van der Waals surface area contributed by atoms with Crippen molar-refractivity contribution in [1.82, 2.24) is 4.90 Å². The number of nitrogens with one attached hydrogen (secondary N) is 1. The number of esters is 2. The van der Waals surface area contributed by atoms with Gasteiger partial charge < -0.3 is 20.1 Å². The van der Waals surface area contributed by atoms with E-state index in [1.165, 1.54) is 0 Å². The number of nitrogen functional groups attached to an aromatic ring is 1. The first kappa shape index (κ1) is 27.8. The van der Waals surface area contributed by atoms with Crippen molar-refractivity contribution in [2.45, 2.75) is 76.3 Å². The Balaban J connectivity index is 1.60. The van der Waals surface area contributed by atoms with E-state index >= 15 is 0 Å². The zero-order valence-electron chi connectivity index (χ0n) is 21.0. The summed E-state index contributed by atoms with van der Waals surface area (Å²) in [5, 5.41) is 7.51. The van der Waals surface area contributed by atoms with Crippen LogP contribution in [-0.2, 0) is 19.1 Å².